The number of halogens is 1. The number of rotatable bonds is 7. The highest BCUT2D eigenvalue weighted by molar-refractivity contribution is 6.00. The number of hydrogen-bond acceptors (Lipinski definition) is 4. The molecule has 3 aromatic rings. The van der Waals surface area contributed by atoms with Crippen molar-refractivity contribution in [2.75, 3.05) is 11.9 Å². The maximum atomic E-state index is 14.8. The van der Waals surface area contributed by atoms with Gasteiger partial charge in [0.05, 0.1) is 6.54 Å². The summed E-state index contributed by atoms with van der Waals surface area (Å²) in [6, 6.07) is 2.07. The van der Waals surface area contributed by atoms with E-state index in [1.807, 2.05) is 38.6 Å². The Morgan fingerprint density at radius 1 is 1.32 bits per heavy atom. The smallest absolute Gasteiger partial charge is 0.224 e. The van der Waals surface area contributed by atoms with Gasteiger partial charge >= 0.3 is 0 Å². The second-order valence-corrected chi connectivity index (χ2v) is 7.59. The van der Waals surface area contributed by atoms with Crippen molar-refractivity contribution in [2.24, 2.45) is 0 Å². The lowest BCUT2D eigenvalue weighted by Gasteiger charge is -2.23. The highest BCUT2D eigenvalue weighted by Gasteiger charge is 2.27. The Kier molecular flexibility index (Phi) is 4.87. The fourth-order valence-electron chi connectivity index (χ4n) is 4.01. The molecule has 0 saturated heterocycles. The molecule has 2 atom stereocenters. The second-order valence-electron chi connectivity index (χ2n) is 7.59. The molecule has 0 aromatic carbocycles. The molecule has 150 valence electrons. The van der Waals surface area contributed by atoms with Crippen LogP contribution < -0.4 is 5.32 Å². The summed E-state index contributed by atoms with van der Waals surface area (Å²) in [5.74, 6) is 0.744. The van der Waals surface area contributed by atoms with Crippen LogP contribution in [0, 0.1) is 0 Å². The van der Waals surface area contributed by atoms with E-state index in [9.17, 15) is 4.39 Å². The number of fused-ring (bicyclic) bond motifs is 2. The number of H-pyrrole nitrogens is 1. The van der Waals surface area contributed by atoms with Gasteiger partial charge in [0.15, 0.2) is 0 Å². The van der Waals surface area contributed by atoms with Gasteiger partial charge < -0.3 is 10.3 Å². The highest BCUT2D eigenvalue weighted by atomic mass is 19.1. The zero-order chi connectivity index (χ0) is 19.7. The van der Waals surface area contributed by atoms with Gasteiger partial charge in [0.2, 0.25) is 5.95 Å². The average molecular weight is 384 g/mol. The Bertz CT molecular complexity index is 1040. The lowest BCUT2D eigenvalue weighted by atomic mass is 9.94. The number of aromatic nitrogens is 4. The SMILES string of the molecule is CCCC(F)(CC)CNc1ncc2c(C3=Cc4cnccc4C3C)c[nH]c2n1.[HH].[HH]. The number of hydrogen-bond donors (Lipinski definition) is 2. The molecular weight excluding hydrogens is 353 g/mol. The van der Waals surface area contributed by atoms with Crippen LogP contribution in [0.2, 0.25) is 0 Å². The normalized spacial score (nSPS) is 18.0. The molecule has 0 amide bonds. The van der Waals surface area contributed by atoms with E-state index in [0.29, 0.717) is 24.7 Å². The third kappa shape index (κ3) is 3.28. The van der Waals surface area contributed by atoms with Crippen molar-refractivity contribution >= 4 is 28.6 Å². The van der Waals surface area contributed by atoms with Gasteiger partial charge in [-0.2, -0.15) is 4.98 Å². The van der Waals surface area contributed by atoms with Gasteiger partial charge in [-0.05, 0) is 41.7 Å². The number of anilines is 1. The first-order valence-electron chi connectivity index (χ1n) is 9.97. The summed E-state index contributed by atoms with van der Waals surface area (Å²) < 4.78 is 14.8. The fraction of sp³-hybridized carbons (Fsp3) is 0.409. The lowest BCUT2D eigenvalue weighted by Crippen LogP contribution is -2.31. The molecule has 0 saturated carbocycles. The van der Waals surface area contributed by atoms with E-state index in [0.717, 1.165) is 28.6 Å². The first-order chi connectivity index (χ1) is 13.5. The van der Waals surface area contributed by atoms with Crippen molar-refractivity contribution in [3.63, 3.8) is 0 Å². The monoisotopic (exact) mass is 383 g/mol. The number of nitrogens with one attached hydrogen (secondary N) is 2. The van der Waals surface area contributed by atoms with E-state index >= 15 is 0 Å². The second kappa shape index (κ2) is 7.34. The van der Waals surface area contributed by atoms with Crippen molar-refractivity contribution in [2.45, 2.75) is 51.6 Å². The molecule has 0 spiro atoms. The van der Waals surface area contributed by atoms with Gasteiger partial charge in [-0.1, -0.05) is 27.2 Å². The van der Waals surface area contributed by atoms with E-state index < -0.39 is 5.67 Å². The molecule has 0 aliphatic heterocycles. The highest BCUT2D eigenvalue weighted by Crippen LogP contribution is 2.42. The number of allylic oxidation sites excluding steroid dienone is 1. The zero-order valence-electron chi connectivity index (χ0n) is 16.6. The molecule has 6 heteroatoms. The Balaban J connectivity index is 0.00000160. The molecule has 4 rings (SSSR count). The Morgan fingerprint density at radius 3 is 2.93 bits per heavy atom. The maximum Gasteiger partial charge on any atom is 0.224 e. The molecule has 3 aromatic heterocycles. The minimum absolute atomic E-state index is 0. The van der Waals surface area contributed by atoms with E-state index in [1.165, 1.54) is 11.1 Å². The first-order valence-corrected chi connectivity index (χ1v) is 9.97. The largest absolute Gasteiger partial charge is 0.351 e. The molecule has 1 aliphatic carbocycles. The number of aromatic amines is 1. The van der Waals surface area contributed by atoms with Crippen LogP contribution in [-0.4, -0.2) is 32.1 Å². The predicted octanol–water partition coefficient (Wildman–Crippen LogP) is 5.83. The van der Waals surface area contributed by atoms with Gasteiger partial charge in [0.25, 0.3) is 0 Å². The summed E-state index contributed by atoms with van der Waals surface area (Å²) in [6.45, 7) is 6.30. The van der Waals surface area contributed by atoms with Crippen LogP contribution in [0.4, 0.5) is 10.3 Å². The van der Waals surface area contributed by atoms with E-state index in [-0.39, 0.29) is 9.40 Å². The topological polar surface area (TPSA) is 66.5 Å². The molecule has 0 bridgehead atoms. The summed E-state index contributed by atoms with van der Waals surface area (Å²) in [5, 5.41) is 4.05. The average Bonchev–Trinajstić information content (AvgIpc) is 3.27. The third-order valence-electron chi connectivity index (χ3n) is 5.77. The number of alkyl halides is 1. The maximum absolute atomic E-state index is 14.8. The Hall–Kier alpha value is -2.76. The van der Waals surface area contributed by atoms with Crippen molar-refractivity contribution in [3.05, 3.63) is 47.5 Å². The summed E-state index contributed by atoms with van der Waals surface area (Å²) >= 11 is 0. The van der Waals surface area contributed by atoms with Crippen molar-refractivity contribution in [1.82, 2.24) is 19.9 Å². The Labute approximate surface area is 167 Å². The zero-order valence-corrected chi connectivity index (χ0v) is 16.6. The molecule has 5 nitrogen and oxygen atoms in total. The van der Waals surface area contributed by atoms with E-state index in [2.05, 4.69) is 44.3 Å². The molecule has 0 radical (unpaired) electrons. The standard InChI is InChI=1S/C22H26FN5.2H2/c1-4-7-22(23,5-2)13-27-21-26-12-19-18(11-25-20(19)28-21)17-9-15-10-24-8-6-16(15)14(17)3;;/h6,8-12,14H,4-5,7,13H2,1-3H3,(H2,25,26,27,28);2*1H. The molecule has 3 heterocycles. The molecule has 0 fully saturated rings. The fourth-order valence-corrected chi connectivity index (χ4v) is 4.01. The minimum Gasteiger partial charge on any atom is -0.351 e. The van der Waals surface area contributed by atoms with Crippen LogP contribution in [0.3, 0.4) is 0 Å². The minimum atomic E-state index is -1.22. The molecule has 1 aliphatic rings. The van der Waals surface area contributed by atoms with Gasteiger partial charge in [0, 0.05) is 44.5 Å². The molecular formula is C22H30FN5. The molecule has 28 heavy (non-hydrogen) atoms. The van der Waals surface area contributed by atoms with Crippen LogP contribution in [-0.2, 0) is 0 Å². The van der Waals surface area contributed by atoms with E-state index in [4.69, 9.17) is 0 Å². The van der Waals surface area contributed by atoms with Crippen LogP contribution in [0.15, 0.2) is 30.9 Å². The van der Waals surface area contributed by atoms with Crippen LogP contribution in [0.25, 0.3) is 22.7 Å². The lowest BCUT2D eigenvalue weighted by molar-refractivity contribution is 0.158. The quantitative estimate of drug-likeness (QED) is 0.538. The summed E-state index contributed by atoms with van der Waals surface area (Å²) in [4.78, 5) is 16.5. The summed E-state index contributed by atoms with van der Waals surface area (Å²) in [6.07, 6.45) is 11.5. The van der Waals surface area contributed by atoms with Crippen molar-refractivity contribution in [3.8, 4) is 0 Å². The van der Waals surface area contributed by atoms with Crippen molar-refractivity contribution in [1.29, 1.82) is 0 Å². The first kappa shape index (κ1) is 18.6. The number of nitrogens with zero attached hydrogens (tertiary/aromatic N) is 3. The number of pyridine rings is 1. The van der Waals surface area contributed by atoms with Crippen LogP contribution in [0.5, 0.6) is 0 Å². The van der Waals surface area contributed by atoms with Gasteiger partial charge in [-0.3, -0.25) is 4.98 Å². The van der Waals surface area contributed by atoms with Crippen molar-refractivity contribution < 1.29 is 7.24 Å². The van der Waals surface area contributed by atoms with E-state index in [1.54, 1.807) is 0 Å². The predicted molar refractivity (Wildman–Crippen MR) is 116 cm³/mol. The van der Waals surface area contributed by atoms with Gasteiger partial charge in [0.1, 0.15) is 11.3 Å². The Morgan fingerprint density at radius 2 is 2.18 bits per heavy atom. The summed E-state index contributed by atoms with van der Waals surface area (Å²) in [5.41, 5.74) is 4.31. The van der Waals surface area contributed by atoms with Crippen LogP contribution >= 0.6 is 0 Å². The molecule has 2 N–H and O–H groups in total. The third-order valence-corrected chi connectivity index (χ3v) is 5.77. The van der Waals surface area contributed by atoms with Crippen LogP contribution in [0.1, 0.15) is 65.5 Å². The van der Waals surface area contributed by atoms with Gasteiger partial charge in [-0.15, -0.1) is 0 Å². The molecule has 2 unspecified atom stereocenters. The van der Waals surface area contributed by atoms with Gasteiger partial charge in [-0.25, -0.2) is 9.37 Å². The summed E-state index contributed by atoms with van der Waals surface area (Å²) in [7, 11) is 0.